The zero-order valence-corrected chi connectivity index (χ0v) is 17.5. The molecule has 156 valence electrons. The fourth-order valence-corrected chi connectivity index (χ4v) is 4.16. The molecule has 2 fully saturated rings. The Bertz CT molecular complexity index is 563. The molecular formula is C23H38N4O. The first kappa shape index (κ1) is 21.1. The third-order valence-corrected chi connectivity index (χ3v) is 5.75. The maximum atomic E-state index is 6.12. The van der Waals surface area contributed by atoms with Crippen molar-refractivity contribution in [2.45, 2.75) is 70.6 Å². The predicted octanol–water partition coefficient (Wildman–Crippen LogP) is 3.56. The van der Waals surface area contributed by atoms with Crippen molar-refractivity contribution in [3.8, 4) is 0 Å². The van der Waals surface area contributed by atoms with Crippen molar-refractivity contribution in [3.05, 3.63) is 35.9 Å². The van der Waals surface area contributed by atoms with Crippen LogP contribution in [0.25, 0.3) is 0 Å². The second-order valence-electron chi connectivity index (χ2n) is 8.07. The molecule has 0 radical (unpaired) electrons. The van der Waals surface area contributed by atoms with E-state index < -0.39 is 0 Å². The average Bonchev–Trinajstić information content (AvgIpc) is 3.23. The Kier molecular flexibility index (Phi) is 9.11. The van der Waals surface area contributed by atoms with Gasteiger partial charge in [-0.15, -0.1) is 0 Å². The van der Waals surface area contributed by atoms with Gasteiger partial charge in [-0.2, -0.15) is 0 Å². The van der Waals surface area contributed by atoms with Gasteiger partial charge in [0.1, 0.15) is 0 Å². The van der Waals surface area contributed by atoms with E-state index in [1.54, 1.807) is 0 Å². The summed E-state index contributed by atoms with van der Waals surface area (Å²) >= 11 is 0. The van der Waals surface area contributed by atoms with Crippen LogP contribution in [0, 0.1) is 0 Å². The van der Waals surface area contributed by atoms with E-state index in [-0.39, 0.29) is 0 Å². The van der Waals surface area contributed by atoms with E-state index in [0.29, 0.717) is 12.1 Å². The topological polar surface area (TPSA) is 48.9 Å². The lowest BCUT2D eigenvalue weighted by Gasteiger charge is -2.31. The van der Waals surface area contributed by atoms with E-state index in [1.165, 1.54) is 31.2 Å². The summed E-state index contributed by atoms with van der Waals surface area (Å²) in [5, 5.41) is 6.94. The van der Waals surface area contributed by atoms with Crippen LogP contribution in [0.5, 0.6) is 0 Å². The molecule has 1 aliphatic carbocycles. The lowest BCUT2D eigenvalue weighted by molar-refractivity contribution is 0.00566. The average molecular weight is 387 g/mol. The summed E-state index contributed by atoms with van der Waals surface area (Å²) in [6, 6.07) is 11.4. The zero-order valence-electron chi connectivity index (χ0n) is 17.5. The fourth-order valence-electron chi connectivity index (χ4n) is 4.16. The quantitative estimate of drug-likeness (QED) is 0.387. The van der Waals surface area contributed by atoms with E-state index in [1.807, 2.05) is 0 Å². The van der Waals surface area contributed by atoms with E-state index in [0.717, 1.165) is 64.6 Å². The third kappa shape index (κ3) is 7.44. The number of ether oxygens (including phenoxy) is 1. The molecular weight excluding hydrogens is 348 g/mol. The zero-order chi connectivity index (χ0) is 19.4. The molecule has 0 atom stereocenters. The molecule has 2 aliphatic rings. The van der Waals surface area contributed by atoms with Crippen molar-refractivity contribution >= 4 is 5.96 Å². The summed E-state index contributed by atoms with van der Waals surface area (Å²) < 4.78 is 6.12. The van der Waals surface area contributed by atoms with Crippen LogP contribution >= 0.6 is 0 Å². The number of nitrogens with one attached hydrogen (secondary N) is 2. The molecule has 0 aromatic heterocycles. The van der Waals surface area contributed by atoms with Gasteiger partial charge < -0.3 is 15.4 Å². The van der Waals surface area contributed by atoms with Crippen LogP contribution in [0.2, 0.25) is 0 Å². The van der Waals surface area contributed by atoms with E-state index in [9.17, 15) is 0 Å². The van der Waals surface area contributed by atoms with Gasteiger partial charge in [0.2, 0.25) is 0 Å². The van der Waals surface area contributed by atoms with Gasteiger partial charge in [-0.25, -0.2) is 0 Å². The maximum absolute atomic E-state index is 6.12. The molecule has 1 saturated carbocycles. The molecule has 3 rings (SSSR count). The Morgan fingerprint density at radius 3 is 2.57 bits per heavy atom. The smallest absolute Gasteiger partial charge is 0.191 e. The van der Waals surface area contributed by atoms with Crippen LogP contribution < -0.4 is 10.6 Å². The molecule has 5 nitrogen and oxygen atoms in total. The lowest BCUT2D eigenvalue weighted by Crippen LogP contribution is -2.42. The highest BCUT2D eigenvalue weighted by Gasteiger charge is 2.19. The minimum atomic E-state index is 0.417. The van der Waals surface area contributed by atoms with Crippen LogP contribution in [0.15, 0.2) is 35.3 Å². The normalized spacial score (nSPS) is 19.8. The van der Waals surface area contributed by atoms with Crippen LogP contribution in [0.3, 0.4) is 0 Å². The Morgan fingerprint density at radius 1 is 1.11 bits per heavy atom. The van der Waals surface area contributed by atoms with Crippen molar-refractivity contribution in [2.24, 2.45) is 4.99 Å². The van der Waals surface area contributed by atoms with Crippen LogP contribution in [-0.4, -0.2) is 55.8 Å². The summed E-state index contributed by atoms with van der Waals surface area (Å²) in [7, 11) is 0. The van der Waals surface area contributed by atoms with Crippen molar-refractivity contribution < 1.29 is 4.74 Å². The van der Waals surface area contributed by atoms with Gasteiger partial charge in [0.15, 0.2) is 5.96 Å². The van der Waals surface area contributed by atoms with Crippen LogP contribution in [-0.2, 0) is 11.3 Å². The molecule has 1 aromatic carbocycles. The number of guanidine groups is 1. The van der Waals surface area contributed by atoms with Gasteiger partial charge in [-0.05, 0) is 44.6 Å². The molecule has 28 heavy (non-hydrogen) atoms. The van der Waals surface area contributed by atoms with E-state index in [2.05, 4.69) is 52.8 Å². The van der Waals surface area contributed by atoms with Crippen LogP contribution in [0.1, 0.15) is 57.4 Å². The highest BCUT2D eigenvalue weighted by molar-refractivity contribution is 5.80. The minimum Gasteiger partial charge on any atom is -0.378 e. The monoisotopic (exact) mass is 386 g/mol. The summed E-state index contributed by atoms with van der Waals surface area (Å²) in [6.07, 6.45) is 8.92. The lowest BCUT2D eigenvalue weighted by atomic mass is 10.1. The molecule has 0 spiro atoms. The Hall–Kier alpha value is -1.59. The molecule has 1 saturated heterocycles. The molecule has 2 N–H and O–H groups in total. The molecule has 5 heteroatoms. The van der Waals surface area contributed by atoms with Gasteiger partial charge in [0.05, 0.1) is 6.10 Å². The van der Waals surface area contributed by atoms with Gasteiger partial charge in [-0.1, -0.05) is 43.2 Å². The van der Waals surface area contributed by atoms with Crippen molar-refractivity contribution in [1.29, 1.82) is 0 Å². The molecule has 1 aliphatic heterocycles. The first-order valence-electron chi connectivity index (χ1n) is 11.3. The summed E-state index contributed by atoms with van der Waals surface area (Å²) in [6.45, 7) is 8.00. The number of piperidine rings is 1. The number of hydrogen-bond acceptors (Lipinski definition) is 3. The van der Waals surface area contributed by atoms with Gasteiger partial charge in [0, 0.05) is 45.4 Å². The Labute approximate surface area is 170 Å². The minimum absolute atomic E-state index is 0.417. The highest BCUT2D eigenvalue weighted by atomic mass is 16.5. The predicted molar refractivity (Wildman–Crippen MR) is 117 cm³/mol. The largest absolute Gasteiger partial charge is 0.378 e. The van der Waals surface area contributed by atoms with Gasteiger partial charge in [-0.3, -0.25) is 9.89 Å². The second kappa shape index (κ2) is 12.1. The third-order valence-electron chi connectivity index (χ3n) is 5.75. The molecule has 1 heterocycles. The SMILES string of the molecule is CCNC(=NCCCOC1CCN(Cc2ccccc2)CC1)NC1CCCC1. The van der Waals surface area contributed by atoms with Crippen molar-refractivity contribution in [2.75, 3.05) is 32.8 Å². The summed E-state index contributed by atoms with van der Waals surface area (Å²) in [5.41, 5.74) is 1.41. The number of benzene rings is 1. The van der Waals surface area contributed by atoms with E-state index >= 15 is 0 Å². The summed E-state index contributed by atoms with van der Waals surface area (Å²) in [4.78, 5) is 7.26. The highest BCUT2D eigenvalue weighted by Crippen LogP contribution is 2.18. The maximum Gasteiger partial charge on any atom is 0.191 e. The number of nitrogens with zero attached hydrogens (tertiary/aromatic N) is 2. The number of aliphatic imine (C=N–C) groups is 1. The van der Waals surface area contributed by atoms with Crippen molar-refractivity contribution in [1.82, 2.24) is 15.5 Å². The Balaban J connectivity index is 1.27. The van der Waals surface area contributed by atoms with E-state index in [4.69, 9.17) is 9.73 Å². The second-order valence-corrected chi connectivity index (χ2v) is 8.07. The summed E-state index contributed by atoms with van der Waals surface area (Å²) in [5.74, 6) is 0.976. The molecule has 0 unspecified atom stereocenters. The number of likely N-dealkylation sites (tertiary alicyclic amines) is 1. The first-order chi connectivity index (χ1) is 13.8. The number of hydrogen-bond donors (Lipinski definition) is 2. The standard InChI is InChI=1S/C23H38N4O/c1-2-24-23(26-21-11-6-7-12-21)25-15-8-18-28-22-13-16-27(17-14-22)19-20-9-4-3-5-10-20/h3-5,9-10,21-22H,2,6-8,11-19H2,1H3,(H2,24,25,26). The van der Waals surface area contributed by atoms with Crippen LogP contribution in [0.4, 0.5) is 0 Å². The van der Waals surface area contributed by atoms with Crippen molar-refractivity contribution in [3.63, 3.8) is 0 Å². The molecule has 0 bridgehead atoms. The number of rotatable bonds is 9. The fraction of sp³-hybridized carbons (Fsp3) is 0.696. The van der Waals surface area contributed by atoms with Gasteiger partial charge >= 0.3 is 0 Å². The Morgan fingerprint density at radius 2 is 1.86 bits per heavy atom. The van der Waals surface area contributed by atoms with Gasteiger partial charge in [0.25, 0.3) is 0 Å². The molecule has 1 aromatic rings. The first-order valence-corrected chi connectivity index (χ1v) is 11.3. The molecule has 0 amide bonds.